The Morgan fingerprint density at radius 2 is 1.97 bits per heavy atom. The number of aliphatic hydroxyl groups is 1. The average Bonchev–Trinajstić information content (AvgIpc) is 3.26. The predicted molar refractivity (Wildman–Crippen MR) is 96.0 cm³/mol. The number of nitrogens with one attached hydrogen (secondary N) is 1. The van der Waals surface area contributed by atoms with Gasteiger partial charge >= 0.3 is 0 Å². The van der Waals surface area contributed by atoms with Crippen LogP contribution in [-0.4, -0.2) is 33.8 Å². The van der Waals surface area contributed by atoms with Crippen LogP contribution in [0.4, 0.5) is 8.78 Å². The Labute approximate surface area is 163 Å². The van der Waals surface area contributed by atoms with E-state index in [4.69, 9.17) is 0 Å². The Morgan fingerprint density at radius 3 is 2.69 bits per heavy atom. The van der Waals surface area contributed by atoms with Gasteiger partial charge in [-0.3, -0.25) is 14.9 Å². The molecule has 2 aromatic carbocycles. The highest BCUT2D eigenvalue weighted by molar-refractivity contribution is 6.04. The van der Waals surface area contributed by atoms with Crippen molar-refractivity contribution < 1.29 is 23.6 Å². The molecule has 2 N–H and O–H groups in total. The van der Waals surface area contributed by atoms with Crippen molar-refractivity contribution in [2.75, 3.05) is 13.1 Å². The summed E-state index contributed by atoms with van der Waals surface area (Å²) >= 11 is 0. The topological polar surface area (TPSA) is 95.7 Å². The van der Waals surface area contributed by atoms with Crippen LogP contribution in [0.5, 0.6) is 0 Å². The van der Waals surface area contributed by atoms with Gasteiger partial charge < -0.3 is 15.3 Å². The van der Waals surface area contributed by atoms with E-state index >= 15 is 0 Å². The largest absolute Gasteiger partial charge is 0.366 e. The van der Waals surface area contributed by atoms with Crippen LogP contribution in [0, 0.1) is 27.7 Å². The van der Waals surface area contributed by atoms with Crippen molar-refractivity contribution in [3.63, 3.8) is 0 Å². The SMILES string of the molecule is O=C1c2ccccc2[C@]2(O)[C@H]1[C@@H](c1ccc(F)c(F)c1)C([N+](=O)[O-])=C1NCCN12. The molecule has 1 aliphatic carbocycles. The van der Waals surface area contributed by atoms with Crippen LogP contribution >= 0.6 is 0 Å². The Kier molecular flexibility index (Phi) is 3.57. The summed E-state index contributed by atoms with van der Waals surface area (Å²) < 4.78 is 27.5. The molecule has 5 rings (SSSR count). The summed E-state index contributed by atoms with van der Waals surface area (Å²) in [6, 6.07) is 9.44. The standard InChI is InChI=1S/C20H15F2N3O4/c21-13-6-5-10(9-14(13)22)15-16-18(26)11-3-1-2-4-12(11)20(16,27)24-8-7-23-19(24)17(15)25(28)29/h1-6,9,15-16,23,27H,7-8H2/t15-,16+,20+/m1/s1. The molecule has 29 heavy (non-hydrogen) atoms. The van der Waals surface area contributed by atoms with Gasteiger partial charge in [0.25, 0.3) is 5.70 Å². The van der Waals surface area contributed by atoms with Gasteiger partial charge in [-0.25, -0.2) is 8.78 Å². The lowest BCUT2D eigenvalue weighted by Crippen LogP contribution is -2.55. The smallest absolute Gasteiger partial charge is 0.294 e. The van der Waals surface area contributed by atoms with Crippen LogP contribution in [0.3, 0.4) is 0 Å². The Bertz CT molecular complexity index is 1120. The van der Waals surface area contributed by atoms with Gasteiger partial charge in [-0.05, 0) is 17.7 Å². The number of hydrogen-bond donors (Lipinski definition) is 2. The van der Waals surface area contributed by atoms with E-state index in [2.05, 4.69) is 5.32 Å². The van der Waals surface area contributed by atoms with Gasteiger partial charge in [0, 0.05) is 24.2 Å². The fraction of sp³-hybridized carbons (Fsp3) is 0.250. The monoisotopic (exact) mass is 399 g/mol. The molecule has 9 heteroatoms. The van der Waals surface area contributed by atoms with E-state index in [0.717, 1.165) is 12.1 Å². The van der Waals surface area contributed by atoms with Crippen LogP contribution in [0.25, 0.3) is 0 Å². The van der Waals surface area contributed by atoms with Crippen LogP contribution < -0.4 is 5.32 Å². The van der Waals surface area contributed by atoms with E-state index in [9.17, 15) is 28.8 Å². The van der Waals surface area contributed by atoms with Crippen LogP contribution in [-0.2, 0) is 5.72 Å². The molecule has 3 atom stereocenters. The van der Waals surface area contributed by atoms with Crippen LogP contribution in [0.15, 0.2) is 54.0 Å². The first-order chi connectivity index (χ1) is 13.9. The van der Waals surface area contributed by atoms with Crippen molar-refractivity contribution in [1.29, 1.82) is 0 Å². The second-order valence-corrected chi connectivity index (χ2v) is 7.33. The fourth-order valence-corrected chi connectivity index (χ4v) is 4.86. The minimum atomic E-state index is -1.83. The number of halogens is 2. The number of carbonyl (C=O) groups is 1. The second kappa shape index (κ2) is 5.84. The average molecular weight is 399 g/mol. The van der Waals surface area contributed by atoms with E-state index in [1.54, 1.807) is 24.3 Å². The zero-order valence-corrected chi connectivity index (χ0v) is 14.9. The minimum absolute atomic E-state index is 0.0565. The molecule has 2 aromatic rings. The number of nitro groups is 1. The van der Waals surface area contributed by atoms with Gasteiger partial charge in [-0.1, -0.05) is 30.3 Å². The number of rotatable bonds is 2. The molecule has 148 valence electrons. The molecule has 2 aliphatic heterocycles. The molecule has 1 saturated heterocycles. The highest BCUT2D eigenvalue weighted by Gasteiger charge is 2.65. The zero-order chi connectivity index (χ0) is 20.5. The fourth-order valence-electron chi connectivity index (χ4n) is 4.86. The first-order valence-corrected chi connectivity index (χ1v) is 9.06. The van der Waals surface area contributed by atoms with Crippen molar-refractivity contribution >= 4 is 5.78 Å². The predicted octanol–water partition coefficient (Wildman–Crippen LogP) is 2.07. The molecule has 0 radical (unpaired) electrons. The molecule has 0 unspecified atom stereocenters. The number of carbonyl (C=O) groups excluding carboxylic acids is 1. The highest BCUT2D eigenvalue weighted by atomic mass is 19.2. The molecule has 0 bridgehead atoms. The summed E-state index contributed by atoms with van der Waals surface area (Å²) in [6.07, 6.45) is 0. The van der Waals surface area contributed by atoms with Gasteiger partial charge in [-0.2, -0.15) is 0 Å². The molecule has 2 heterocycles. The number of ketones is 1. The summed E-state index contributed by atoms with van der Waals surface area (Å²) in [4.78, 5) is 26.2. The molecular formula is C20H15F2N3O4. The van der Waals surface area contributed by atoms with Gasteiger partial charge in [0.15, 0.2) is 29.0 Å². The Morgan fingerprint density at radius 1 is 1.21 bits per heavy atom. The van der Waals surface area contributed by atoms with Crippen molar-refractivity contribution in [2.45, 2.75) is 11.6 Å². The van der Waals surface area contributed by atoms with E-state index in [1.807, 2.05) is 0 Å². The lowest BCUT2D eigenvalue weighted by molar-refractivity contribution is -0.438. The molecule has 0 aromatic heterocycles. The summed E-state index contributed by atoms with van der Waals surface area (Å²) in [5.41, 5.74) is -1.50. The first kappa shape index (κ1) is 17.7. The lowest BCUT2D eigenvalue weighted by Gasteiger charge is -2.45. The van der Waals surface area contributed by atoms with E-state index in [1.165, 1.54) is 11.0 Å². The number of nitrogens with zero attached hydrogens (tertiary/aromatic N) is 2. The Balaban J connectivity index is 1.83. The third-order valence-electron chi connectivity index (χ3n) is 5.98. The Hall–Kier alpha value is -3.33. The lowest BCUT2D eigenvalue weighted by atomic mass is 9.74. The van der Waals surface area contributed by atoms with Crippen molar-refractivity contribution in [1.82, 2.24) is 10.2 Å². The van der Waals surface area contributed by atoms with Crippen LogP contribution in [0.1, 0.15) is 27.4 Å². The number of benzene rings is 2. The molecule has 1 fully saturated rings. The summed E-state index contributed by atoms with van der Waals surface area (Å²) in [5, 5.41) is 26.7. The van der Waals surface area contributed by atoms with Gasteiger partial charge in [0.05, 0.1) is 16.8 Å². The summed E-state index contributed by atoms with van der Waals surface area (Å²) in [7, 11) is 0. The zero-order valence-electron chi connectivity index (χ0n) is 14.9. The van der Waals surface area contributed by atoms with Crippen molar-refractivity contribution in [3.8, 4) is 0 Å². The highest BCUT2D eigenvalue weighted by Crippen LogP contribution is 2.57. The summed E-state index contributed by atoms with van der Waals surface area (Å²) in [5.74, 6) is -5.19. The second-order valence-electron chi connectivity index (χ2n) is 7.33. The van der Waals surface area contributed by atoms with E-state index in [-0.39, 0.29) is 29.2 Å². The van der Waals surface area contributed by atoms with Crippen molar-refractivity contribution in [2.24, 2.45) is 5.92 Å². The number of hydrogen-bond acceptors (Lipinski definition) is 6. The molecule has 0 spiro atoms. The normalized spacial score (nSPS) is 27.4. The maximum atomic E-state index is 14.0. The molecule has 0 amide bonds. The maximum absolute atomic E-state index is 14.0. The first-order valence-electron chi connectivity index (χ1n) is 9.06. The molecule has 0 saturated carbocycles. The number of allylic oxidation sites excluding steroid dienone is 1. The maximum Gasteiger partial charge on any atom is 0.294 e. The molecule has 7 nitrogen and oxygen atoms in total. The number of fused-ring (bicyclic) bond motifs is 5. The van der Waals surface area contributed by atoms with Gasteiger partial charge in [0.2, 0.25) is 0 Å². The third kappa shape index (κ3) is 2.16. The van der Waals surface area contributed by atoms with E-state index < -0.39 is 39.9 Å². The van der Waals surface area contributed by atoms with Crippen molar-refractivity contribution in [3.05, 3.63) is 92.4 Å². The summed E-state index contributed by atoms with van der Waals surface area (Å²) in [6.45, 7) is 0.592. The van der Waals surface area contributed by atoms with Crippen LogP contribution in [0.2, 0.25) is 0 Å². The molecule has 3 aliphatic rings. The quantitative estimate of drug-likeness (QED) is 0.593. The number of Topliss-reactive ketones (excluding diaryl/α,β-unsaturated/α-hetero) is 1. The minimum Gasteiger partial charge on any atom is -0.366 e. The van der Waals surface area contributed by atoms with Gasteiger partial charge in [0.1, 0.15) is 0 Å². The molecular weight excluding hydrogens is 384 g/mol. The third-order valence-corrected chi connectivity index (χ3v) is 5.98. The van der Waals surface area contributed by atoms with Gasteiger partial charge in [-0.15, -0.1) is 0 Å². The van der Waals surface area contributed by atoms with E-state index in [0.29, 0.717) is 12.1 Å².